The molecule has 1 N–H and O–H groups in total. The molecule has 0 aliphatic heterocycles. The van der Waals surface area contributed by atoms with Crippen molar-refractivity contribution in [1.29, 1.82) is 0 Å². The van der Waals surface area contributed by atoms with Crippen molar-refractivity contribution in [3.63, 3.8) is 0 Å². The second-order valence-corrected chi connectivity index (χ2v) is 5.47. The van der Waals surface area contributed by atoms with E-state index in [4.69, 9.17) is 0 Å². The Morgan fingerprint density at radius 1 is 1.19 bits per heavy atom. The summed E-state index contributed by atoms with van der Waals surface area (Å²) in [6.45, 7) is 6.69. The smallest absolute Gasteiger partial charge is 0.413 e. The SMILES string of the molecule is COC(=O)NC(=O)[C@H](C)N(C)Cc1ccc(C(C)C)cc1. The Bertz CT molecular complexity index is 483. The lowest BCUT2D eigenvalue weighted by Gasteiger charge is -2.23. The summed E-state index contributed by atoms with van der Waals surface area (Å²) in [4.78, 5) is 24.7. The van der Waals surface area contributed by atoms with Crippen LogP contribution in [0, 0.1) is 0 Å². The predicted octanol–water partition coefficient (Wildman–Crippen LogP) is 2.51. The molecule has 116 valence electrons. The van der Waals surface area contributed by atoms with Crippen LogP contribution in [-0.2, 0) is 16.1 Å². The van der Waals surface area contributed by atoms with Crippen molar-refractivity contribution in [2.45, 2.75) is 39.3 Å². The van der Waals surface area contributed by atoms with Crippen LogP contribution < -0.4 is 5.32 Å². The molecule has 0 radical (unpaired) electrons. The third-order valence-electron chi connectivity index (χ3n) is 3.53. The molecule has 0 aliphatic carbocycles. The number of likely N-dealkylation sites (N-methyl/N-ethyl adjacent to an activating group) is 1. The van der Waals surface area contributed by atoms with E-state index in [2.05, 4.69) is 48.2 Å². The number of alkyl carbamates (subject to hydrolysis) is 1. The summed E-state index contributed by atoms with van der Waals surface area (Å²) in [5.74, 6) is 0.129. The Morgan fingerprint density at radius 2 is 1.76 bits per heavy atom. The molecular formula is C16H24N2O3. The van der Waals surface area contributed by atoms with Gasteiger partial charge in [-0.3, -0.25) is 15.0 Å². The molecule has 0 spiro atoms. The molecule has 0 fully saturated rings. The molecule has 5 heteroatoms. The van der Waals surface area contributed by atoms with E-state index in [1.54, 1.807) is 6.92 Å². The molecule has 0 unspecified atom stereocenters. The molecule has 5 nitrogen and oxygen atoms in total. The third-order valence-corrected chi connectivity index (χ3v) is 3.53. The summed E-state index contributed by atoms with van der Waals surface area (Å²) in [6, 6.07) is 7.92. The normalized spacial score (nSPS) is 12.3. The van der Waals surface area contributed by atoms with Gasteiger partial charge in [-0.25, -0.2) is 4.79 Å². The molecule has 0 aromatic heterocycles. The molecule has 0 saturated heterocycles. The largest absolute Gasteiger partial charge is 0.453 e. The number of imide groups is 1. The van der Waals surface area contributed by atoms with Crippen LogP contribution in [0.5, 0.6) is 0 Å². The highest BCUT2D eigenvalue weighted by molar-refractivity contribution is 5.94. The van der Waals surface area contributed by atoms with E-state index in [0.717, 1.165) is 5.56 Å². The van der Waals surface area contributed by atoms with Gasteiger partial charge in [0.25, 0.3) is 0 Å². The van der Waals surface area contributed by atoms with Gasteiger partial charge < -0.3 is 4.74 Å². The Morgan fingerprint density at radius 3 is 2.24 bits per heavy atom. The maximum atomic E-state index is 11.8. The van der Waals surface area contributed by atoms with Gasteiger partial charge in [-0.1, -0.05) is 38.1 Å². The number of ether oxygens (including phenoxy) is 1. The summed E-state index contributed by atoms with van der Waals surface area (Å²) in [6.07, 6.45) is -0.735. The van der Waals surface area contributed by atoms with E-state index in [0.29, 0.717) is 12.5 Å². The van der Waals surface area contributed by atoms with Gasteiger partial charge in [0.05, 0.1) is 13.2 Å². The zero-order chi connectivity index (χ0) is 16.0. The fourth-order valence-corrected chi connectivity index (χ4v) is 1.89. The van der Waals surface area contributed by atoms with Crippen molar-refractivity contribution in [3.05, 3.63) is 35.4 Å². The zero-order valence-corrected chi connectivity index (χ0v) is 13.3. The molecule has 21 heavy (non-hydrogen) atoms. The number of nitrogens with zero attached hydrogens (tertiary/aromatic N) is 1. The number of carbonyl (C=O) groups excluding carboxylic acids is 2. The summed E-state index contributed by atoms with van der Waals surface area (Å²) >= 11 is 0. The van der Waals surface area contributed by atoms with Crippen LogP contribution in [0.2, 0.25) is 0 Å². The predicted molar refractivity (Wildman–Crippen MR) is 82.0 cm³/mol. The number of rotatable bonds is 5. The van der Waals surface area contributed by atoms with Crippen LogP contribution >= 0.6 is 0 Å². The van der Waals surface area contributed by atoms with Crippen LogP contribution in [0.25, 0.3) is 0 Å². The average molecular weight is 292 g/mol. The maximum absolute atomic E-state index is 11.8. The summed E-state index contributed by atoms with van der Waals surface area (Å²) in [5, 5.41) is 2.18. The molecule has 1 atom stereocenters. The number of hydrogen-bond donors (Lipinski definition) is 1. The second kappa shape index (κ2) is 7.78. The molecule has 0 heterocycles. The first-order valence-corrected chi connectivity index (χ1v) is 7.03. The first kappa shape index (κ1) is 17.2. The fraction of sp³-hybridized carbons (Fsp3) is 0.500. The molecular weight excluding hydrogens is 268 g/mol. The highest BCUT2D eigenvalue weighted by Gasteiger charge is 2.20. The van der Waals surface area contributed by atoms with E-state index in [1.165, 1.54) is 12.7 Å². The minimum Gasteiger partial charge on any atom is -0.453 e. The van der Waals surface area contributed by atoms with E-state index >= 15 is 0 Å². The van der Waals surface area contributed by atoms with Gasteiger partial charge >= 0.3 is 6.09 Å². The molecule has 1 aromatic carbocycles. The van der Waals surface area contributed by atoms with E-state index in [9.17, 15) is 9.59 Å². The standard InChI is InChI=1S/C16H24N2O3/c1-11(2)14-8-6-13(7-9-14)10-18(4)12(3)15(19)17-16(20)21-5/h6-9,11-12H,10H2,1-5H3,(H,17,19,20)/t12-/m0/s1. The Kier molecular flexibility index (Phi) is 6.37. The first-order chi connectivity index (χ1) is 9.85. The minimum atomic E-state index is -0.735. The Hall–Kier alpha value is -1.88. The van der Waals surface area contributed by atoms with Gasteiger partial charge in [0.1, 0.15) is 0 Å². The Labute approximate surface area is 126 Å². The summed E-state index contributed by atoms with van der Waals surface area (Å²) < 4.78 is 4.42. The molecule has 0 bridgehead atoms. The van der Waals surface area contributed by atoms with Crippen molar-refractivity contribution >= 4 is 12.0 Å². The lowest BCUT2D eigenvalue weighted by molar-refractivity contribution is -0.124. The summed E-state index contributed by atoms with van der Waals surface area (Å²) in [5.41, 5.74) is 2.41. The van der Waals surface area contributed by atoms with Crippen molar-refractivity contribution in [1.82, 2.24) is 10.2 Å². The highest BCUT2D eigenvalue weighted by atomic mass is 16.5. The monoisotopic (exact) mass is 292 g/mol. The van der Waals surface area contributed by atoms with Crippen LogP contribution in [0.4, 0.5) is 4.79 Å². The van der Waals surface area contributed by atoms with Crippen molar-refractivity contribution in [3.8, 4) is 0 Å². The molecule has 0 saturated carbocycles. The van der Waals surface area contributed by atoms with E-state index in [1.807, 2.05) is 11.9 Å². The quantitative estimate of drug-likeness (QED) is 0.906. The van der Waals surface area contributed by atoms with Crippen LogP contribution in [0.3, 0.4) is 0 Å². The van der Waals surface area contributed by atoms with E-state index < -0.39 is 12.1 Å². The van der Waals surface area contributed by atoms with Gasteiger partial charge in [-0.15, -0.1) is 0 Å². The van der Waals surface area contributed by atoms with Crippen molar-refractivity contribution in [2.75, 3.05) is 14.2 Å². The van der Waals surface area contributed by atoms with Crippen LogP contribution in [-0.4, -0.2) is 37.1 Å². The second-order valence-electron chi connectivity index (χ2n) is 5.47. The molecule has 1 rings (SSSR count). The Balaban J connectivity index is 2.61. The lowest BCUT2D eigenvalue weighted by Crippen LogP contribution is -2.45. The van der Waals surface area contributed by atoms with Gasteiger partial charge in [0.2, 0.25) is 5.91 Å². The molecule has 2 amide bonds. The van der Waals surface area contributed by atoms with Gasteiger partial charge in [0.15, 0.2) is 0 Å². The van der Waals surface area contributed by atoms with Gasteiger partial charge in [-0.05, 0) is 31.0 Å². The lowest BCUT2D eigenvalue weighted by atomic mass is 10.0. The molecule has 1 aromatic rings. The maximum Gasteiger partial charge on any atom is 0.413 e. The van der Waals surface area contributed by atoms with Gasteiger partial charge in [-0.2, -0.15) is 0 Å². The average Bonchev–Trinajstić information content (AvgIpc) is 2.46. The minimum absolute atomic E-state index is 0.372. The summed E-state index contributed by atoms with van der Waals surface area (Å²) in [7, 11) is 3.07. The number of amides is 2. The number of methoxy groups -OCH3 is 1. The van der Waals surface area contributed by atoms with Crippen LogP contribution in [0.15, 0.2) is 24.3 Å². The van der Waals surface area contributed by atoms with Gasteiger partial charge in [0, 0.05) is 6.54 Å². The van der Waals surface area contributed by atoms with Crippen molar-refractivity contribution < 1.29 is 14.3 Å². The highest BCUT2D eigenvalue weighted by Crippen LogP contribution is 2.15. The first-order valence-electron chi connectivity index (χ1n) is 7.03. The molecule has 0 aliphatic rings. The van der Waals surface area contributed by atoms with Crippen molar-refractivity contribution in [2.24, 2.45) is 0 Å². The zero-order valence-electron chi connectivity index (χ0n) is 13.3. The number of hydrogen-bond acceptors (Lipinski definition) is 4. The number of nitrogens with one attached hydrogen (secondary N) is 1. The van der Waals surface area contributed by atoms with Crippen LogP contribution in [0.1, 0.15) is 37.8 Å². The van der Waals surface area contributed by atoms with E-state index in [-0.39, 0.29) is 5.91 Å². The number of benzene rings is 1. The fourth-order valence-electron chi connectivity index (χ4n) is 1.89. The number of carbonyl (C=O) groups is 2. The third kappa shape index (κ3) is 5.19. The topological polar surface area (TPSA) is 58.6 Å².